The minimum Gasteiger partial charge on any atom is -0.395 e. The van der Waals surface area contributed by atoms with Crippen LogP contribution in [0.4, 0.5) is 5.95 Å². The largest absolute Gasteiger partial charge is 0.395 e. The van der Waals surface area contributed by atoms with E-state index in [1.54, 1.807) is 18.5 Å². The van der Waals surface area contributed by atoms with Gasteiger partial charge in [-0.1, -0.05) is 0 Å². The van der Waals surface area contributed by atoms with Crippen LogP contribution in [0.3, 0.4) is 0 Å². The van der Waals surface area contributed by atoms with Crippen LogP contribution < -0.4 is 4.90 Å². The Morgan fingerprint density at radius 3 is 2.61 bits per heavy atom. The van der Waals surface area contributed by atoms with Crippen LogP contribution in [-0.2, 0) is 4.79 Å². The highest BCUT2D eigenvalue weighted by Crippen LogP contribution is 2.17. The van der Waals surface area contributed by atoms with E-state index in [2.05, 4.69) is 19.8 Å². The molecule has 126 valence electrons. The average Bonchev–Trinajstić information content (AvgIpc) is 3.08. The number of aliphatic hydroxyl groups is 1. The molecule has 2 aliphatic rings. The first kappa shape index (κ1) is 16.1. The molecule has 7 heteroatoms. The highest BCUT2D eigenvalue weighted by Gasteiger charge is 2.26. The number of carbonyl (C=O) groups excluding carboxylic acids is 1. The van der Waals surface area contributed by atoms with Gasteiger partial charge >= 0.3 is 0 Å². The Kier molecular flexibility index (Phi) is 5.40. The van der Waals surface area contributed by atoms with E-state index in [1.807, 2.05) is 4.90 Å². The first-order valence-corrected chi connectivity index (χ1v) is 8.42. The predicted octanol–water partition coefficient (Wildman–Crippen LogP) is -0.0280. The van der Waals surface area contributed by atoms with Crippen LogP contribution in [0.2, 0.25) is 0 Å². The third-order valence-corrected chi connectivity index (χ3v) is 4.79. The summed E-state index contributed by atoms with van der Waals surface area (Å²) in [5.74, 6) is 0.949. The summed E-state index contributed by atoms with van der Waals surface area (Å²) in [6.07, 6.45) is 6.19. The molecule has 0 bridgehead atoms. The molecule has 1 amide bonds. The van der Waals surface area contributed by atoms with Gasteiger partial charge in [0.05, 0.1) is 6.61 Å². The van der Waals surface area contributed by atoms with E-state index in [9.17, 15) is 9.90 Å². The van der Waals surface area contributed by atoms with Gasteiger partial charge in [0.1, 0.15) is 0 Å². The first-order valence-electron chi connectivity index (χ1n) is 8.42. The summed E-state index contributed by atoms with van der Waals surface area (Å²) in [6.45, 7) is 4.95. The van der Waals surface area contributed by atoms with E-state index in [1.165, 1.54) is 0 Å². The Bertz CT molecular complexity index is 504. The second-order valence-corrected chi connectivity index (χ2v) is 6.18. The number of nitrogens with zero attached hydrogens (tertiary/aromatic N) is 5. The lowest BCUT2D eigenvalue weighted by atomic mass is 10.2. The number of aliphatic hydroxyl groups excluding tert-OH is 1. The summed E-state index contributed by atoms with van der Waals surface area (Å²) >= 11 is 0. The molecule has 0 unspecified atom stereocenters. The van der Waals surface area contributed by atoms with E-state index >= 15 is 0 Å². The molecule has 2 saturated heterocycles. The van der Waals surface area contributed by atoms with Crippen molar-refractivity contribution >= 4 is 11.9 Å². The molecule has 1 aromatic heterocycles. The Labute approximate surface area is 136 Å². The zero-order valence-corrected chi connectivity index (χ0v) is 13.5. The van der Waals surface area contributed by atoms with Crippen molar-refractivity contribution in [1.29, 1.82) is 0 Å². The van der Waals surface area contributed by atoms with Crippen LogP contribution in [-0.4, -0.2) is 82.7 Å². The van der Waals surface area contributed by atoms with Gasteiger partial charge in [-0.2, -0.15) is 0 Å². The molecule has 0 aromatic carbocycles. The lowest BCUT2D eigenvalue weighted by Gasteiger charge is -2.35. The lowest BCUT2D eigenvalue weighted by Crippen LogP contribution is -2.49. The van der Waals surface area contributed by atoms with Gasteiger partial charge in [-0.05, 0) is 25.5 Å². The third-order valence-electron chi connectivity index (χ3n) is 4.79. The number of hydrogen-bond acceptors (Lipinski definition) is 6. The van der Waals surface area contributed by atoms with Crippen LogP contribution >= 0.6 is 0 Å². The van der Waals surface area contributed by atoms with E-state index < -0.39 is 0 Å². The molecule has 0 aliphatic carbocycles. The monoisotopic (exact) mass is 319 g/mol. The summed E-state index contributed by atoms with van der Waals surface area (Å²) in [4.78, 5) is 27.2. The highest BCUT2D eigenvalue weighted by molar-refractivity contribution is 5.76. The van der Waals surface area contributed by atoms with Crippen LogP contribution in [0, 0.1) is 0 Å². The minimum atomic E-state index is 0.198. The highest BCUT2D eigenvalue weighted by atomic mass is 16.3. The smallest absolute Gasteiger partial charge is 0.225 e. The zero-order valence-electron chi connectivity index (χ0n) is 13.5. The van der Waals surface area contributed by atoms with Gasteiger partial charge in [-0.25, -0.2) is 9.97 Å². The molecule has 1 N–H and O–H groups in total. The molecule has 0 spiro atoms. The Balaban J connectivity index is 1.43. The topological polar surface area (TPSA) is 72.8 Å². The molecule has 3 heterocycles. The van der Waals surface area contributed by atoms with Crippen LogP contribution in [0.1, 0.15) is 19.3 Å². The number of amides is 1. The summed E-state index contributed by atoms with van der Waals surface area (Å²) < 4.78 is 0. The molecule has 1 aromatic rings. The van der Waals surface area contributed by atoms with Gasteiger partial charge in [0, 0.05) is 57.6 Å². The van der Waals surface area contributed by atoms with Crippen LogP contribution in [0.15, 0.2) is 18.5 Å². The Morgan fingerprint density at radius 1 is 1.17 bits per heavy atom. The average molecular weight is 319 g/mol. The van der Waals surface area contributed by atoms with Crippen molar-refractivity contribution in [2.75, 3.05) is 50.8 Å². The number of likely N-dealkylation sites (tertiary alicyclic amines) is 1. The van der Waals surface area contributed by atoms with Gasteiger partial charge in [-0.3, -0.25) is 9.69 Å². The van der Waals surface area contributed by atoms with Crippen molar-refractivity contribution in [3.05, 3.63) is 18.5 Å². The van der Waals surface area contributed by atoms with Crippen molar-refractivity contribution in [1.82, 2.24) is 19.8 Å². The van der Waals surface area contributed by atoms with Gasteiger partial charge in [0.2, 0.25) is 11.9 Å². The molecule has 1 atom stereocenters. The summed E-state index contributed by atoms with van der Waals surface area (Å²) in [6, 6.07) is 2.05. The maximum atomic E-state index is 12.4. The van der Waals surface area contributed by atoms with Gasteiger partial charge in [-0.15, -0.1) is 0 Å². The standard InChI is InChI=1S/C16H25N5O2/c22-13-14-3-1-7-19(14)8-4-15(23)20-9-11-21(12-10-20)16-17-5-2-6-18-16/h2,5-6,14,22H,1,3-4,7-13H2/t14-/m1/s1. The van der Waals surface area contributed by atoms with E-state index in [0.29, 0.717) is 6.42 Å². The molecule has 7 nitrogen and oxygen atoms in total. The minimum absolute atomic E-state index is 0.198. The molecule has 2 fully saturated rings. The number of anilines is 1. The molecular weight excluding hydrogens is 294 g/mol. The Hall–Kier alpha value is -1.73. The van der Waals surface area contributed by atoms with Crippen molar-refractivity contribution in [3.63, 3.8) is 0 Å². The molecule has 23 heavy (non-hydrogen) atoms. The van der Waals surface area contributed by atoms with E-state index in [-0.39, 0.29) is 18.6 Å². The number of carbonyl (C=O) groups is 1. The molecule has 0 saturated carbocycles. The maximum Gasteiger partial charge on any atom is 0.225 e. The fraction of sp³-hybridized carbons (Fsp3) is 0.688. The van der Waals surface area contributed by atoms with Crippen molar-refractivity contribution < 1.29 is 9.90 Å². The number of aromatic nitrogens is 2. The first-order chi connectivity index (χ1) is 11.3. The fourth-order valence-electron chi connectivity index (χ4n) is 3.40. The zero-order chi connectivity index (χ0) is 16.1. The predicted molar refractivity (Wildman–Crippen MR) is 87.1 cm³/mol. The van der Waals surface area contributed by atoms with Gasteiger partial charge in [0.15, 0.2) is 0 Å². The van der Waals surface area contributed by atoms with Crippen LogP contribution in [0.5, 0.6) is 0 Å². The number of piperazine rings is 1. The summed E-state index contributed by atoms with van der Waals surface area (Å²) in [5, 5.41) is 9.33. The molecule has 0 radical (unpaired) electrons. The normalized spacial score (nSPS) is 22.6. The lowest BCUT2D eigenvalue weighted by molar-refractivity contribution is -0.131. The number of rotatable bonds is 5. The quantitative estimate of drug-likeness (QED) is 0.822. The van der Waals surface area contributed by atoms with Crippen molar-refractivity contribution in [2.24, 2.45) is 0 Å². The SMILES string of the molecule is O=C(CCN1CCC[C@@H]1CO)N1CCN(c2ncccn2)CC1. The maximum absolute atomic E-state index is 12.4. The van der Waals surface area contributed by atoms with Gasteiger partial charge in [0.25, 0.3) is 0 Å². The summed E-state index contributed by atoms with van der Waals surface area (Å²) in [7, 11) is 0. The van der Waals surface area contributed by atoms with Crippen molar-refractivity contribution in [2.45, 2.75) is 25.3 Å². The second-order valence-electron chi connectivity index (χ2n) is 6.18. The fourth-order valence-corrected chi connectivity index (χ4v) is 3.40. The van der Waals surface area contributed by atoms with E-state index in [4.69, 9.17) is 0 Å². The molecular formula is C16H25N5O2. The Morgan fingerprint density at radius 2 is 1.91 bits per heavy atom. The summed E-state index contributed by atoms with van der Waals surface area (Å²) in [5.41, 5.74) is 0. The third kappa shape index (κ3) is 3.97. The van der Waals surface area contributed by atoms with Gasteiger partial charge < -0.3 is 14.9 Å². The van der Waals surface area contributed by atoms with Crippen LogP contribution in [0.25, 0.3) is 0 Å². The molecule has 3 rings (SSSR count). The van der Waals surface area contributed by atoms with Crippen molar-refractivity contribution in [3.8, 4) is 0 Å². The number of hydrogen-bond donors (Lipinski definition) is 1. The van der Waals surface area contributed by atoms with E-state index in [0.717, 1.165) is 58.1 Å². The molecule has 2 aliphatic heterocycles. The second kappa shape index (κ2) is 7.70.